The number of carbonyl (C=O) groups is 1. The van der Waals surface area contributed by atoms with E-state index < -0.39 is 0 Å². The van der Waals surface area contributed by atoms with Gasteiger partial charge in [0.25, 0.3) is 5.88 Å². The van der Waals surface area contributed by atoms with Gasteiger partial charge in [0.2, 0.25) is 5.91 Å². The van der Waals surface area contributed by atoms with E-state index in [1.807, 2.05) is 44.0 Å². The van der Waals surface area contributed by atoms with Gasteiger partial charge >= 0.3 is 0 Å². The van der Waals surface area contributed by atoms with Crippen LogP contribution in [-0.2, 0) is 4.79 Å². The number of nitrogens with zero attached hydrogens (tertiary/aromatic N) is 3. The number of anilines is 1. The fourth-order valence-corrected chi connectivity index (χ4v) is 3.26. The van der Waals surface area contributed by atoms with Gasteiger partial charge in [0.15, 0.2) is 5.82 Å². The second kappa shape index (κ2) is 7.51. The summed E-state index contributed by atoms with van der Waals surface area (Å²) in [5.74, 6) is 1.43. The van der Waals surface area contributed by atoms with Crippen LogP contribution in [0.5, 0.6) is 5.88 Å². The third kappa shape index (κ3) is 3.90. The lowest BCUT2D eigenvalue weighted by atomic mass is 9.93. The molecule has 1 fully saturated rings. The Hall–Kier alpha value is -2.63. The minimum absolute atomic E-state index is 0.0218. The third-order valence-corrected chi connectivity index (χ3v) is 4.38. The van der Waals surface area contributed by atoms with Crippen molar-refractivity contribution in [1.82, 2.24) is 14.9 Å². The molecule has 1 aromatic heterocycles. The van der Waals surface area contributed by atoms with Crippen molar-refractivity contribution in [1.29, 1.82) is 0 Å². The molecule has 6 heteroatoms. The molecule has 3 rings (SSSR count). The molecule has 6 nitrogen and oxygen atoms in total. The molecule has 2 atom stereocenters. The number of hydrogen-bond acceptors (Lipinski definition) is 5. The Kier molecular flexibility index (Phi) is 5.16. The van der Waals surface area contributed by atoms with E-state index >= 15 is 0 Å². The van der Waals surface area contributed by atoms with Crippen LogP contribution in [0.25, 0.3) is 0 Å². The summed E-state index contributed by atoms with van der Waals surface area (Å²) in [5, 5.41) is 3.32. The molecule has 0 bridgehead atoms. The molecule has 1 amide bonds. The lowest BCUT2D eigenvalue weighted by Gasteiger charge is -2.26. The number of rotatable bonds is 6. The molecule has 2 heterocycles. The minimum Gasteiger partial charge on any atom is -0.472 e. The Labute approximate surface area is 148 Å². The van der Waals surface area contributed by atoms with Crippen molar-refractivity contribution in [3.63, 3.8) is 0 Å². The average molecular weight is 340 g/mol. The van der Waals surface area contributed by atoms with Crippen LogP contribution in [0, 0.1) is 5.92 Å². The van der Waals surface area contributed by atoms with Crippen LogP contribution in [0.4, 0.5) is 5.82 Å². The first-order valence-electron chi connectivity index (χ1n) is 8.58. The largest absolute Gasteiger partial charge is 0.472 e. The van der Waals surface area contributed by atoms with Crippen molar-refractivity contribution in [2.45, 2.75) is 32.4 Å². The molecule has 1 saturated heterocycles. The van der Waals surface area contributed by atoms with Crippen LogP contribution in [0.3, 0.4) is 0 Å². The zero-order valence-electron chi connectivity index (χ0n) is 14.8. The van der Waals surface area contributed by atoms with Gasteiger partial charge in [0.05, 0.1) is 12.1 Å². The van der Waals surface area contributed by atoms with Crippen LogP contribution in [0.15, 0.2) is 42.7 Å². The Morgan fingerprint density at radius 2 is 1.96 bits per heavy atom. The van der Waals surface area contributed by atoms with E-state index in [-0.39, 0.29) is 24.0 Å². The zero-order chi connectivity index (χ0) is 17.8. The van der Waals surface area contributed by atoms with Crippen molar-refractivity contribution < 1.29 is 9.53 Å². The second-order valence-corrected chi connectivity index (χ2v) is 6.58. The first-order valence-corrected chi connectivity index (χ1v) is 8.58. The van der Waals surface area contributed by atoms with Gasteiger partial charge in [-0.2, -0.15) is 0 Å². The topological polar surface area (TPSA) is 67.4 Å². The first kappa shape index (κ1) is 17.2. The van der Waals surface area contributed by atoms with Crippen LogP contribution in [0.2, 0.25) is 0 Å². The molecular formula is C19H24N4O2. The highest BCUT2D eigenvalue weighted by Crippen LogP contribution is 2.37. The van der Waals surface area contributed by atoms with E-state index in [1.54, 1.807) is 12.4 Å². The highest BCUT2D eigenvalue weighted by atomic mass is 16.5. The lowest BCUT2D eigenvalue weighted by Crippen LogP contribution is -2.26. The van der Waals surface area contributed by atoms with Gasteiger partial charge < -0.3 is 15.0 Å². The quantitative estimate of drug-likeness (QED) is 0.876. The van der Waals surface area contributed by atoms with Gasteiger partial charge in [-0.3, -0.25) is 4.79 Å². The van der Waals surface area contributed by atoms with Crippen molar-refractivity contribution in [2.75, 3.05) is 18.9 Å². The number of nitrogens with one attached hydrogen (secondary N) is 1. The SMILES string of the molecule is CC(C)Oc1nccnc1NC[C@@H]1CC(=O)N(C)[C@H]1c1ccccc1. The number of carbonyl (C=O) groups excluding carboxylic acids is 1. The molecule has 25 heavy (non-hydrogen) atoms. The summed E-state index contributed by atoms with van der Waals surface area (Å²) in [6, 6.07) is 10.2. The highest BCUT2D eigenvalue weighted by molar-refractivity contribution is 5.79. The van der Waals surface area contributed by atoms with E-state index in [1.165, 1.54) is 0 Å². The summed E-state index contributed by atoms with van der Waals surface area (Å²) < 4.78 is 5.70. The maximum absolute atomic E-state index is 12.2. The zero-order valence-corrected chi connectivity index (χ0v) is 14.8. The Morgan fingerprint density at radius 3 is 2.68 bits per heavy atom. The van der Waals surface area contributed by atoms with E-state index in [2.05, 4.69) is 27.4 Å². The normalized spacial score (nSPS) is 20.2. The summed E-state index contributed by atoms with van der Waals surface area (Å²) in [7, 11) is 1.87. The van der Waals surface area contributed by atoms with Crippen LogP contribution in [-0.4, -0.2) is 40.5 Å². The predicted molar refractivity (Wildman–Crippen MR) is 96.3 cm³/mol. The van der Waals surface area contributed by atoms with Crippen molar-refractivity contribution in [3.8, 4) is 5.88 Å². The van der Waals surface area contributed by atoms with Gasteiger partial charge in [0, 0.05) is 38.3 Å². The standard InChI is InChI=1S/C19H24N4O2/c1-13(2)25-19-18(20-9-10-21-19)22-12-15-11-16(24)23(3)17(15)14-7-5-4-6-8-14/h4-10,13,15,17H,11-12H2,1-3H3,(H,20,22)/t15-,17-/m0/s1. The Bertz CT molecular complexity index is 720. The monoisotopic (exact) mass is 340 g/mol. The summed E-state index contributed by atoms with van der Waals surface area (Å²) in [4.78, 5) is 22.7. The minimum atomic E-state index is 0.0218. The summed E-state index contributed by atoms with van der Waals surface area (Å²) in [5.41, 5.74) is 1.15. The molecule has 0 spiro atoms. The molecule has 1 aliphatic heterocycles. The second-order valence-electron chi connectivity index (χ2n) is 6.58. The number of ether oxygens (including phenoxy) is 1. The van der Waals surface area contributed by atoms with Gasteiger partial charge in [-0.05, 0) is 19.4 Å². The summed E-state index contributed by atoms with van der Waals surface area (Å²) >= 11 is 0. The van der Waals surface area contributed by atoms with Gasteiger partial charge in [-0.25, -0.2) is 9.97 Å². The molecule has 0 saturated carbocycles. The predicted octanol–water partition coefficient (Wildman–Crippen LogP) is 2.90. The fourth-order valence-electron chi connectivity index (χ4n) is 3.26. The van der Waals surface area contributed by atoms with Crippen molar-refractivity contribution in [3.05, 3.63) is 48.3 Å². The Morgan fingerprint density at radius 1 is 1.24 bits per heavy atom. The van der Waals surface area contributed by atoms with E-state index in [0.717, 1.165) is 5.56 Å². The molecular weight excluding hydrogens is 316 g/mol. The molecule has 1 N–H and O–H groups in total. The summed E-state index contributed by atoms with van der Waals surface area (Å²) in [6.07, 6.45) is 3.79. The fraction of sp³-hybridized carbons (Fsp3) is 0.421. The van der Waals surface area contributed by atoms with E-state index in [9.17, 15) is 4.79 Å². The van der Waals surface area contributed by atoms with Crippen LogP contribution in [0.1, 0.15) is 31.9 Å². The molecule has 0 unspecified atom stereocenters. The number of amides is 1. The molecule has 1 aromatic carbocycles. The smallest absolute Gasteiger partial charge is 0.257 e. The number of aromatic nitrogens is 2. The van der Waals surface area contributed by atoms with Crippen LogP contribution >= 0.6 is 0 Å². The summed E-state index contributed by atoms with van der Waals surface area (Å²) in [6.45, 7) is 4.53. The van der Waals surface area contributed by atoms with Crippen molar-refractivity contribution in [2.24, 2.45) is 5.92 Å². The number of likely N-dealkylation sites (tertiary alicyclic amines) is 1. The number of hydrogen-bond donors (Lipinski definition) is 1. The maximum atomic E-state index is 12.2. The number of benzene rings is 1. The van der Waals surface area contributed by atoms with Gasteiger partial charge in [-0.15, -0.1) is 0 Å². The van der Waals surface area contributed by atoms with Gasteiger partial charge in [0.1, 0.15) is 0 Å². The highest BCUT2D eigenvalue weighted by Gasteiger charge is 2.38. The molecule has 132 valence electrons. The lowest BCUT2D eigenvalue weighted by molar-refractivity contribution is -0.127. The van der Waals surface area contributed by atoms with E-state index in [0.29, 0.717) is 24.7 Å². The molecule has 1 aliphatic rings. The Balaban J connectivity index is 1.75. The third-order valence-electron chi connectivity index (χ3n) is 4.38. The van der Waals surface area contributed by atoms with Crippen molar-refractivity contribution >= 4 is 11.7 Å². The maximum Gasteiger partial charge on any atom is 0.257 e. The molecule has 0 radical (unpaired) electrons. The molecule has 0 aliphatic carbocycles. The first-order chi connectivity index (χ1) is 12.1. The van der Waals surface area contributed by atoms with E-state index in [4.69, 9.17) is 4.74 Å². The van der Waals surface area contributed by atoms with Gasteiger partial charge in [-0.1, -0.05) is 30.3 Å². The van der Waals surface area contributed by atoms with Crippen LogP contribution < -0.4 is 10.1 Å². The molecule has 2 aromatic rings. The average Bonchev–Trinajstić information content (AvgIpc) is 2.89.